The summed E-state index contributed by atoms with van der Waals surface area (Å²) in [5.74, 6) is -0.949. The summed E-state index contributed by atoms with van der Waals surface area (Å²) in [4.78, 5) is 11.6. The maximum Gasteiger partial charge on any atom is 0.262 e. The molecule has 0 fully saturated rings. The van der Waals surface area contributed by atoms with Crippen LogP contribution >= 0.6 is 0 Å². The highest BCUT2D eigenvalue weighted by Gasteiger charge is 2.08. The average molecular weight is 293 g/mol. The highest BCUT2D eigenvalue weighted by atomic mass is 19.1. The SMILES string of the molecule is COc1ccc(OCC(=O)Nc2ccc(F)cc2F)cc1. The Hall–Kier alpha value is -2.63. The van der Waals surface area contributed by atoms with Gasteiger partial charge in [-0.1, -0.05) is 0 Å². The lowest BCUT2D eigenvalue weighted by Crippen LogP contribution is -2.20. The number of hydrogen-bond donors (Lipinski definition) is 1. The zero-order valence-corrected chi connectivity index (χ0v) is 11.2. The first-order valence-electron chi connectivity index (χ1n) is 6.10. The molecule has 0 spiro atoms. The Bertz CT molecular complexity index is 629. The molecule has 110 valence electrons. The Morgan fingerprint density at radius 1 is 1.10 bits per heavy atom. The molecular weight excluding hydrogens is 280 g/mol. The van der Waals surface area contributed by atoms with Crippen LogP contribution in [0.3, 0.4) is 0 Å². The maximum atomic E-state index is 13.3. The van der Waals surface area contributed by atoms with E-state index >= 15 is 0 Å². The fraction of sp³-hybridized carbons (Fsp3) is 0.133. The number of ether oxygens (including phenoxy) is 2. The molecule has 0 unspecified atom stereocenters. The number of nitrogens with one attached hydrogen (secondary N) is 1. The van der Waals surface area contributed by atoms with Crippen LogP contribution in [-0.4, -0.2) is 19.6 Å². The lowest BCUT2D eigenvalue weighted by Gasteiger charge is -2.08. The molecule has 4 nitrogen and oxygen atoms in total. The summed E-state index contributed by atoms with van der Waals surface area (Å²) in [6.07, 6.45) is 0. The molecule has 0 aliphatic carbocycles. The number of halogens is 2. The van der Waals surface area contributed by atoms with Gasteiger partial charge in [-0.15, -0.1) is 0 Å². The minimum absolute atomic E-state index is 0.0975. The van der Waals surface area contributed by atoms with Crippen molar-refractivity contribution in [3.63, 3.8) is 0 Å². The van der Waals surface area contributed by atoms with Crippen LogP contribution in [0.4, 0.5) is 14.5 Å². The van der Waals surface area contributed by atoms with E-state index in [0.717, 1.165) is 12.1 Å². The topological polar surface area (TPSA) is 47.6 Å². The lowest BCUT2D eigenvalue weighted by atomic mass is 10.3. The predicted octanol–water partition coefficient (Wildman–Crippen LogP) is 2.99. The molecule has 0 atom stereocenters. The molecule has 0 radical (unpaired) electrons. The highest BCUT2D eigenvalue weighted by Crippen LogP contribution is 2.17. The largest absolute Gasteiger partial charge is 0.497 e. The van der Waals surface area contributed by atoms with Crippen LogP contribution in [0.25, 0.3) is 0 Å². The van der Waals surface area contributed by atoms with Gasteiger partial charge in [0, 0.05) is 6.07 Å². The van der Waals surface area contributed by atoms with E-state index < -0.39 is 17.5 Å². The van der Waals surface area contributed by atoms with Crippen molar-refractivity contribution < 1.29 is 23.0 Å². The molecule has 0 aliphatic heterocycles. The molecule has 2 aromatic rings. The van der Waals surface area contributed by atoms with Gasteiger partial charge in [-0.25, -0.2) is 8.78 Å². The van der Waals surface area contributed by atoms with Crippen molar-refractivity contribution >= 4 is 11.6 Å². The van der Waals surface area contributed by atoms with Crippen molar-refractivity contribution in [3.8, 4) is 11.5 Å². The molecule has 1 N–H and O–H groups in total. The number of anilines is 1. The summed E-state index contributed by atoms with van der Waals surface area (Å²) in [5, 5.41) is 2.30. The van der Waals surface area contributed by atoms with Crippen molar-refractivity contribution in [2.45, 2.75) is 0 Å². The monoisotopic (exact) mass is 293 g/mol. The van der Waals surface area contributed by atoms with E-state index in [4.69, 9.17) is 9.47 Å². The smallest absolute Gasteiger partial charge is 0.262 e. The number of rotatable bonds is 5. The Balaban J connectivity index is 1.89. The average Bonchev–Trinajstić information content (AvgIpc) is 2.48. The Kier molecular flexibility index (Phi) is 4.71. The zero-order chi connectivity index (χ0) is 15.2. The lowest BCUT2D eigenvalue weighted by molar-refractivity contribution is -0.118. The number of benzene rings is 2. The van der Waals surface area contributed by atoms with Crippen molar-refractivity contribution in [1.82, 2.24) is 0 Å². The normalized spacial score (nSPS) is 10.0. The van der Waals surface area contributed by atoms with Gasteiger partial charge in [0.05, 0.1) is 12.8 Å². The first kappa shape index (κ1) is 14.8. The standard InChI is InChI=1S/C15H13F2NO3/c1-20-11-3-5-12(6-4-11)21-9-15(19)18-14-7-2-10(16)8-13(14)17/h2-8H,9H2,1H3,(H,18,19). The van der Waals surface area contributed by atoms with Crippen LogP contribution in [0.2, 0.25) is 0 Å². The zero-order valence-electron chi connectivity index (χ0n) is 11.2. The van der Waals surface area contributed by atoms with Gasteiger partial charge in [0.25, 0.3) is 5.91 Å². The van der Waals surface area contributed by atoms with Gasteiger partial charge in [-0.3, -0.25) is 4.79 Å². The predicted molar refractivity (Wildman–Crippen MR) is 73.5 cm³/mol. The minimum Gasteiger partial charge on any atom is -0.497 e. The number of carbonyl (C=O) groups is 1. The van der Waals surface area contributed by atoms with Crippen molar-refractivity contribution in [3.05, 3.63) is 54.1 Å². The second kappa shape index (κ2) is 6.69. The van der Waals surface area contributed by atoms with Crippen molar-refractivity contribution in [2.75, 3.05) is 19.0 Å². The van der Waals surface area contributed by atoms with E-state index in [1.165, 1.54) is 0 Å². The van der Waals surface area contributed by atoms with Crippen LogP contribution in [0.1, 0.15) is 0 Å². The van der Waals surface area contributed by atoms with Gasteiger partial charge in [0.15, 0.2) is 6.61 Å². The second-order valence-corrected chi connectivity index (χ2v) is 4.14. The minimum atomic E-state index is -0.840. The Labute approximate surface area is 120 Å². The van der Waals surface area contributed by atoms with Crippen LogP contribution in [0.15, 0.2) is 42.5 Å². The van der Waals surface area contributed by atoms with Gasteiger partial charge in [-0.2, -0.15) is 0 Å². The molecule has 6 heteroatoms. The van der Waals surface area contributed by atoms with Gasteiger partial charge in [-0.05, 0) is 36.4 Å². The van der Waals surface area contributed by atoms with E-state index in [9.17, 15) is 13.6 Å². The molecule has 21 heavy (non-hydrogen) atoms. The van der Waals surface area contributed by atoms with Crippen LogP contribution in [0, 0.1) is 11.6 Å². The molecule has 2 rings (SSSR count). The van der Waals surface area contributed by atoms with E-state index in [0.29, 0.717) is 17.6 Å². The van der Waals surface area contributed by atoms with E-state index in [2.05, 4.69) is 5.32 Å². The molecule has 0 saturated carbocycles. The molecule has 2 aromatic carbocycles. The Morgan fingerprint density at radius 2 is 1.76 bits per heavy atom. The molecule has 0 aromatic heterocycles. The van der Waals surface area contributed by atoms with E-state index in [-0.39, 0.29) is 12.3 Å². The van der Waals surface area contributed by atoms with Crippen molar-refractivity contribution in [1.29, 1.82) is 0 Å². The van der Waals surface area contributed by atoms with Gasteiger partial charge in [0.1, 0.15) is 23.1 Å². The fourth-order valence-electron chi connectivity index (χ4n) is 1.60. The van der Waals surface area contributed by atoms with Gasteiger partial charge in [0.2, 0.25) is 0 Å². The summed E-state index contributed by atoms with van der Waals surface area (Å²) in [6.45, 7) is -0.289. The fourth-order valence-corrected chi connectivity index (χ4v) is 1.60. The third kappa shape index (κ3) is 4.17. The third-order valence-corrected chi connectivity index (χ3v) is 2.63. The molecular formula is C15H13F2NO3. The number of methoxy groups -OCH3 is 1. The molecule has 0 aliphatic rings. The summed E-state index contributed by atoms with van der Waals surface area (Å²) in [7, 11) is 1.54. The summed E-state index contributed by atoms with van der Waals surface area (Å²) < 4.78 is 36.3. The third-order valence-electron chi connectivity index (χ3n) is 2.63. The summed E-state index contributed by atoms with van der Waals surface area (Å²) >= 11 is 0. The van der Waals surface area contributed by atoms with Crippen LogP contribution in [0.5, 0.6) is 11.5 Å². The quantitative estimate of drug-likeness (QED) is 0.922. The number of hydrogen-bond acceptors (Lipinski definition) is 3. The number of amides is 1. The second-order valence-electron chi connectivity index (χ2n) is 4.14. The molecule has 0 bridgehead atoms. The van der Waals surface area contributed by atoms with E-state index in [1.54, 1.807) is 31.4 Å². The van der Waals surface area contributed by atoms with E-state index in [1.807, 2.05) is 0 Å². The van der Waals surface area contributed by atoms with Crippen molar-refractivity contribution in [2.24, 2.45) is 0 Å². The highest BCUT2D eigenvalue weighted by molar-refractivity contribution is 5.91. The van der Waals surface area contributed by atoms with Crippen LogP contribution < -0.4 is 14.8 Å². The summed E-state index contributed by atoms with van der Waals surface area (Å²) in [6, 6.07) is 9.56. The van der Waals surface area contributed by atoms with Gasteiger partial charge < -0.3 is 14.8 Å². The maximum absolute atomic E-state index is 13.3. The first-order valence-corrected chi connectivity index (χ1v) is 6.10. The number of carbonyl (C=O) groups excluding carboxylic acids is 1. The molecule has 0 saturated heterocycles. The first-order chi connectivity index (χ1) is 10.1. The van der Waals surface area contributed by atoms with Gasteiger partial charge >= 0.3 is 0 Å². The molecule has 1 amide bonds. The summed E-state index contributed by atoms with van der Waals surface area (Å²) in [5.41, 5.74) is -0.0975. The van der Waals surface area contributed by atoms with Crippen LogP contribution in [-0.2, 0) is 4.79 Å². The Morgan fingerprint density at radius 3 is 2.38 bits per heavy atom. The molecule has 0 heterocycles.